The van der Waals surface area contributed by atoms with E-state index in [4.69, 9.17) is 21.6 Å². The molecule has 6 nitrogen and oxygen atoms in total. The highest BCUT2D eigenvalue weighted by Crippen LogP contribution is 2.16. The minimum Gasteiger partial charge on any atom is -0.484 e. The van der Waals surface area contributed by atoms with Gasteiger partial charge in [-0.15, -0.1) is 0 Å². The van der Waals surface area contributed by atoms with Gasteiger partial charge in [0.25, 0.3) is 11.8 Å². The zero-order chi connectivity index (χ0) is 19.2. The highest BCUT2D eigenvalue weighted by atomic mass is 35.5. The molecule has 1 fully saturated rings. The van der Waals surface area contributed by atoms with Gasteiger partial charge in [-0.25, -0.2) is 0 Å². The summed E-state index contributed by atoms with van der Waals surface area (Å²) in [5.41, 5.74) is 0.939. The van der Waals surface area contributed by atoms with Crippen LogP contribution in [-0.2, 0) is 4.79 Å². The summed E-state index contributed by atoms with van der Waals surface area (Å²) in [6, 6.07) is 15.5. The molecule has 1 aliphatic rings. The number of nitrogens with zero attached hydrogens (tertiary/aromatic N) is 3. The van der Waals surface area contributed by atoms with Crippen LogP contribution >= 0.6 is 11.6 Å². The van der Waals surface area contributed by atoms with Gasteiger partial charge in [0.05, 0.1) is 11.6 Å². The standard InChI is InChI=1S/C20H18ClN3O3/c21-17-4-6-18(7-5-17)27-14-19(25)23-8-10-24(11-9-23)20(26)16-3-1-2-15(12-16)13-22/h1-7,12H,8-11,14H2. The molecule has 0 unspecified atom stereocenters. The maximum atomic E-state index is 12.6. The molecule has 1 saturated heterocycles. The van der Waals surface area contributed by atoms with Crippen LogP contribution in [0.3, 0.4) is 0 Å². The molecule has 27 heavy (non-hydrogen) atoms. The van der Waals surface area contributed by atoms with Gasteiger partial charge in [0.1, 0.15) is 5.75 Å². The summed E-state index contributed by atoms with van der Waals surface area (Å²) in [7, 11) is 0. The Balaban J connectivity index is 1.50. The molecule has 1 heterocycles. The predicted octanol–water partition coefficient (Wildman–Crippen LogP) is 2.58. The third-order valence-electron chi connectivity index (χ3n) is 4.33. The van der Waals surface area contributed by atoms with Gasteiger partial charge in [-0.1, -0.05) is 17.7 Å². The molecular weight excluding hydrogens is 366 g/mol. The molecule has 7 heteroatoms. The number of piperazine rings is 1. The fourth-order valence-electron chi connectivity index (χ4n) is 2.83. The van der Waals surface area contributed by atoms with Crippen LogP contribution in [-0.4, -0.2) is 54.4 Å². The second-order valence-electron chi connectivity index (χ2n) is 6.11. The second-order valence-corrected chi connectivity index (χ2v) is 6.54. The number of hydrogen-bond donors (Lipinski definition) is 0. The summed E-state index contributed by atoms with van der Waals surface area (Å²) in [5, 5.41) is 9.57. The fourth-order valence-corrected chi connectivity index (χ4v) is 2.96. The van der Waals surface area contributed by atoms with Gasteiger partial charge in [0.2, 0.25) is 0 Å². The van der Waals surface area contributed by atoms with Crippen LogP contribution in [0, 0.1) is 11.3 Å². The van der Waals surface area contributed by atoms with E-state index in [9.17, 15) is 9.59 Å². The number of ether oxygens (including phenoxy) is 1. The van der Waals surface area contributed by atoms with Gasteiger partial charge in [0.15, 0.2) is 6.61 Å². The highest BCUT2D eigenvalue weighted by molar-refractivity contribution is 6.30. The number of carbonyl (C=O) groups is 2. The van der Waals surface area contributed by atoms with Crippen molar-refractivity contribution >= 4 is 23.4 Å². The van der Waals surface area contributed by atoms with Gasteiger partial charge >= 0.3 is 0 Å². The van der Waals surface area contributed by atoms with E-state index in [1.165, 1.54) is 0 Å². The first-order valence-electron chi connectivity index (χ1n) is 8.52. The molecule has 0 aliphatic carbocycles. The Labute approximate surface area is 162 Å². The molecule has 0 N–H and O–H groups in total. The van der Waals surface area contributed by atoms with Gasteiger partial charge in [0, 0.05) is 36.8 Å². The first kappa shape index (κ1) is 18.7. The van der Waals surface area contributed by atoms with Crippen LogP contribution in [0.1, 0.15) is 15.9 Å². The highest BCUT2D eigenvalue weighted by Gasteiger charge is 2.25. The smallest absolute Gasteiger partial charge is 0.260 e. The normalized spacial score (nSPS) is 13.8. The SMILES string of the molecule is N#Cc1cccc(C(=O)N2CCN(C(=O)COc3ccc(Cl)cc3)CC2)c1. The Morgan fingerprint density at radius 3 is 2.37 bits per heavy atom. The van der Waals surface area contributed by atoms with Crippen LogP contribution in [0.4, 0.5) is 0 Å². The summed E-state index contributed by atoms with van der Waals surface area (Å²) < 4.78 is 5.48. The average molecular weight is 384 g/mol. The molecule has 1 aliphatic heterocycles. The van der Waals surface area contributed by atoms with Crippen molar-refractivity contribution < 1.29 is 14.3 Å². The predicted molar refractivity (Wildman–Crippen MR) is 101 cm³/mol. The lowest BCUT2D eigenvalue weighted by molar-refractivity contribution is -0.134. The third-order valence-corrected chi connectivity index (χ3v) is 4.59. The number of halogens is 1. The molecule has 2 aromatic carbocycles. The van der Waals surface area contributed by atoms with Crippen LogP contribution in [0.5, 0.6) is 5.75 Å². The van der Waals surface area contributed by atoms with Crippen molar-refractivity contribution in [2.75, 3.05) is 32.8 Å². The van der Waals surface area contributed by atoms with Crippen LogP contribution in [0.2, 0.25) is 5.02 Å². The van der Waals surface area contributed by atoms with Crippen molar-refractivity contribution in [1.29, 1.82) is 5.26 Å². The quantitative estimate of drug-likeness (QED) is 0.813. The van der Waals surface area contributed by atoms with Crippen molar-refractivity contribution in [3.8, 4) is 11.8 Å². The summed E-state index contributed by atoms with van der Waals surface area (Å²) in [4.78, 5) is 28.2. The molecule has 138 valence electrons. The Bertz CT molecular complexity index is 869. The zero-order valence-corrected chi connectivity index (χ0v) is 15.4. The first-order chi connectivity index (χ1) is 13.1. The second kappa shape index (κ2) is 8.56. The summed E-state index contributed by atoms with van der Waals surface area (Å²) >= 11 is 5.82. The number of amides is 2. The molecule has 0 radical (unpaired) electrons. The number of rotatable bonds is 4. The fraction of sp³-hybridized carbons (Fsp3) is 0.250. The van der Waals surface area contributed by atoms with E-state index in [1.54, 1.807) is 58.3 Å². The van der Waals surface area contributed by atoms with E-state index in [0.29, 0.717) is 48.1 Å². The molecule has 0 bridgehead atoms. The Hall–Kier alpha value is -3.04. The van der Waals surface area contributed by atoms with E-state index in [2.05, 4.69) is 0 Å². The molecule has 0 aromatic heterocycles. The number of carbonyl (C=O) groups excluding carboxylic acids is 2. The van der Waals surface area contributed by atoms with Crippen molar-refractivity contribution in [3.63, 3.8) is 0 Å². The van der Waals surface area contributed by atoms with Crippen molar-refractivity contribution in [3.05, 3.63) is 64.7 Å². The molecule has 0 saturated carbocycles. The van der Waals surface area contributed by atoms with Gasteiger partial charge in [-0.2, -0.15) is 5.26 Å². The van der Waals surface area contributed by atoms with Crippen LogP contribution in [0.15, 0.2) is 48.5 Å². The minimum atomic E-state index is -0.128. The average Bonchev–Trinajstić information content (AvgIpc) is 2.72. The minimum absolute atomic E-state index is 0.0558. The molecule has 3 rings (SSSR count). The van der Waals surface area contributed by atoms with Gasteiger partial charge < -0.3 is 14.5 Å². The monoisotopic (exact) mass is 383 g/mol. The van der Waals surface area contributed by atoms with Crippen LogP contribution in [0.25, 0.3) is 0 Å². The molecule has 2 amide bonds. The summed E-state index contributed by atoms with van der Waals surface area (Å²) in [6.45, 7) is 1.74. The van der Waals surface area contributed by atoms with E-state index in [-0.39, 0.29) is 18.4 Å². The van der Waals surface area contributed by atoms with E-state index < -0.39 is 0 Å². The summed E-state index contributed by atoms with van der Waals surface area (Å²) in [5.74, 6) is 0.332. The lowest BCUT2D eigenvalue weighted by Crippen LogP contribution is -2.51. The molecule has 2 aromatic rings. The van der Waals surface area contributed by atoms with Crippen LogP contribution < -0.4 is 4.74 Å². The lowest BCUT2D eigenvalue weighted by Gasteiger charge is -2.34. The Kier molecular flexibility index (Phi) is 5.94. The Morgan fingerprint density at radius 1 is 1.04 bits per heavy atom. The molecular formula is C20H18ClN3O3. The van der Waals surface area contributed by atoms with Crippen molar-refractivity contribution in [2.24, 2.45) is 0 Å². The number of nitriles is 1. The van der Waals surface area contributed by atoms with Gasteiger partial charge in [-0.05, 0) is 42.5 Å². The topological polar surface area (TPSA) is 73.6 Å². The maximum absolute atomic E-state index is 12.6. The first-order valence-corrected chi connectivity index (χ1v) is 8.90. The molecule has 0 spiro atoms. The van der Waals surface area contributed by atoms with Crippen molar-refractivity contribution in [2.45, 2.75) is 0 Å². The maximum Gasteiger partial charge on any atom is 0.260 e. The number of hydrogen-bond acceptors (Lipinski definition) is 4. The zero-order valence-electron chi connectivity index (χ0n) is 14.6. The van der Waals surface area contributed by atoms with Crippen molar-refractivity contribution in [1.82, 2.24) is 9.80 Å². The van der Waals surface area contributed by atoms with E-state index in [0.717, 1.165) is 0 Å². The molecule has 0 atom stereocenters. The van der Waals surface area contributed by atoms with E-state index >= 15 is 0 Å². The number of benzene rings is 2. The van der Waals surface area contributed by atoms with Gasteiger partial charge in [-0.3, -0.25) is 9.59 Å². The van der Waals surface area contributed by atoms with E-state index in [1.807, 2.05) is 6.07 Å². The largest absolute Gasteiger partial charge is 0.484 e. The summed E-state index contributed by atoms with van der Waals surface area (Å²) in [6.07, 6.45) is 0. The lowest BCUT2D eigenvalue weighted by atomic mass is 10.1. The third kappa shape index (κ3) is 4.78. The Morgan fingerprint density at radius 2 is 1.70 bits per heavy atom.